The van der Waals surface area contributed by atoms with Crippen molar-refractivity contribution in [2.45, 2.75) is 58.1 Å². The molecular formula is C12H21NO4. The molecule has 0 saturated heterocycles. The highest BCUT2D eigenvalue weighted by molar-refractivity contribution is 5.87. The molecule has 0 heterocycles. The summed E-state index contributed by atoms with van der Waals surface area (Å²) in [6.45, 7) is 5.21. The van der Waals surface area contributed by atoms with Gasteiger partial charge in [-0.15, -0.1) is 0 Å². The van der Waals surface area contributed by atoms with Crippen molar-refractivity contribution in [1.29, 1.82) is 0 Å². The summed E-state index contributed by atoms with van der Waals surface area (Å²) in [5, 5.41) is 9.29. The molecule has 0 aromatic carbocycles. The van der Waals surface area contributed by atoms with E-state index in [1.807, 2.05) is 0 Å². The van der Waals surface area contributed by atoms with E-state index in [1.54, 1.807) is 20.8 Å². The Morgan fingerprint density at radius 3 is 2.12 bits per heavy atom. The zero-order valence-electron chi connectivity index (χ0n) is 10.7. The molecule has 5 heteroatoms. The lowest BCUT2D eigenvalue weighted by Gasteiger charge is -2.31. The number of carbonyl (C=O) groups excluding carboxylic acids is 1. The van der Waals surface area contributed by atoms with E-state index in [0.29, 0.717) is 12.8 Å². The highest BCUT2D eigenvalue weighted by atomic mass is 16.6. The monoisotopic (exact) mass is 243 g/mol. The van der Waals surface area contributed by atoms with Gasteiger partial charge in [0.25, 0.3) is 0 Å². The molecule has 1 aliphatic carbocycles. The fourth-order valence-corrected chi connectivity index (χ4v) is 2.25. The molecule has 5 nitrogen and oxygen atoms in total. The van der Waals surface area contributed by atoms with Crippen molar-refractivity contribution >= 4 is 11.9 Å². The summed E-state index contributed by atoms with van der Waals surface area (Å²) in [7, 11) is 0. The standard InChI is InChI=1S/C12H21NO4/c1-11(2,3)17-9(14)8(13)12(10(15)16)6-4-5-7-12/h8H,4-7,13H2,1-3H3,(H,15,16)/t8-/m0/s1. The van der Waals surface area contributed by atoms with Gasteiger partial charge in [0.15, 0.2) is 0 Å². The van der Waals surface area contributed by atoms with Crippen LogP contribution in [0.5, 0.6) is 0 Å². The fourth-order valence-electron chi connectivity index (χ4n) is 2.25. The van der Waals surface area contributed by atoms with Crippen molar-refractivity contribution in [3.63, 3.8) is 0 Å². The number of nitrogens with two attached hydrogens (primary N) is 1. The first-order valence-electron chi connectivity index (χ1n) is 5.91. The Morgan fingerprint density at radius 2 is 1.76 bits per heavy atom. The smallest absolute Gasteiger partial charge is 0.324 e. The van der Waals surface area contributed by atoms with Gasteiger partial charge in [0, 0.05) is 0 Å². The molecule has 0 amide bonds. The summed E-state index contributed by atoms with van der Waals surface area (Å²) in [4.78, 5) is 23.2. The molecule has 98 valence electrons. The van der Waals surface area contributed by atoms with Gasteiger partial charge in [-0.1, -0.05) is 12.8 Å². The Bertz CT molecular complexity index is 313. The molecular weight excluding hydrogens is 222 g/mol. The predicted octanol–water partition coefficient (Wildman–Crippen LogP) is 1.30. The SMILES string of the molecule is CC(C)(C)OC(=O)[C@H](N)C1(C(=O)O)CCCC1. The van der Waals surface area contributed by atoms with Crippen LogP contribution >= 0.6 is 0 Å². The summed E-state index contributed by atoms with van der Waals surface area (Å²) < 4.78 is 5.16. The molecule has 0 aliphatic heterocycles. The molecule has 1 rings (SSSR count). The largest absolute Gasteiger partial charge is 0.481 e. The minimum Gasteiger partial charge on any atom is -0.481 e. The van der Waals surface area contributed by atoms with Crippen LogP contribution < -0.4 is 5.73 Å². The fraction of sp³-hybridized carbons (Fsp3) is 0.833. The van der Waals surface area contributed by atoms with Crippen molar-refractivity contribution in [1.82, 2.24) is 0 Å². The third-order valence-corrected chi connectivity index (χ3v) is 3.18. The summed E-state index contributed by atoms with van der Waals surface area (Å²) in [5.74, 6) is -1.62. The van der Waals surface area contributed by atoms with Gasteiger partial charge in [0.2, 0.25) is 0 Å². The molecule has 1 fully saturated rings. The van der Waals surface area contributed by atoms with Crippen LogP contribution in [0.1, 0.15) is 46.5 Å². The van der Waals surface area contributed by atoms with E-state index in [0.717, 1.165) is 12.8 Å². The van der Waals surface area contributed by atoms with Crippen LogP contribution in [0.2, 0.25) is 0 Å². The van der Waals surface area contributed by atoms with Crippen molar-refractivity contribution in [3.8, 4) is 0 Å². The second-order valence-electron chi connectivity index (χ2n) is 5.68. The zero-order valence-corrected chi connectivity index (χ0v) is 10.7. The van der Waals surface area contributed by atoms with E-state index in [1.165, 1.54) is 0 Å². The lowest BCUT2D eigenvalue weighted by atomic mass is 9.79. The van der Waals surface area contributed by atoms with Crippen LogP contribution in [0.25, 0.3) is 0 Å². The van der Waals surface area contributed by atoms with Crippen LogP contribution in [-0.2, 0) is 14.3 Å². The van der Waals surface area contributed by atoms with Gasteiger partial charge in [-0.25, -0.2) is 0 Å². The van der Waals surface area contributed by atoms with Crippen LogP contribution in [0.3, 0.4) is 0 Å². The Balaban J connectivity index is 2.83. The van der Waals surface area contributed by atoms with Gasteiger partial charge in [-0.2, -0.15) is 0 Å². The predicted molar refractivity (Wildman–Crippen MR) is 62.4 cm³/mol. The van der Waals surface area contributed by atoms with Crippen LogP contribution in [-0.4, -0.2) is 28.7 Å². The van der Waals surface area contributed by atoms with E-state index < -0.39 is 29.0 Å². The van der Waals surface area contributed by atoms with Crippen LogP contribution in [0.15, 0.2) is 0 Å². The first kappa shape index (κ1) is 14.0. The molecule has 0 radical (unpaired) electrons. The maximum atomic E-state index is 11.8. The van der Waals surface area contributed by atoms with E-state index in [9.17, 15) is 14.7 Å². The van der Waals surface area contributed by atoms with Gasteiger partial charge >= 0.3 is 11.9 Å². The van der Waals surface area contributed by atoms with E-state index in [-0.39, 0.29) is 0 Å². The number of hydrogen-bond acceptors (Lipinski definition) is 4. The summed E-state index contributed by atoms with van der Waals surface area (Å²) in [6.07, 6.45) is 2.48. The van der Waals surface area contributed by atoms with Gasteiger partial charge in [-0.05, 0) is 33.6 Å². The Labute approximate surface area is 101 Å². The average Bonchev–Trinajstić information content (AvgIpc) is 2.63. The molecule has 0 aromatic rings. The number of ether oxygens (including phenoxy) is 1. The second kappa shape index (κ2) is 4.64. The zero-order chi connectivity index (χ0) is 13.3. The summed E-state index contributed by atoms with van der Waals surface area (Å²) >= 11 is 0. The first-order chi connectivity index (χ1) is 7.69. The maximum absolute atomic E-state index is 11.8. The number of rotatable bonds is 3. The van der Waals surface area contributed by atoms with Gasteiger partial charge in [-0.3, -0.25) is 9.59 Å². The molecule has 1 atom stereocenters. The third-order valence-electron chi connectivity index (χ3n) is 3.18. The Kier molecular flexibility index (Phi) is 3.81. The average molecular weight is 243 g/mol. The Hall–Kier alpha value is -1.10. The van der Waals surface area contributed by atoms with Crippen LogP contribution in [0.4, 0.5) is 0 Å². The molecule has 3 N–H and O–H groups in total. The number of hydrogen-bond donors (Lipinski definition) is 2. The molecule has 1 saturated carbocycles. The van der Waals surface area contributed by atoms with Crippen LogP contribution in [0, 0.1) is 5.41 Å². The van der Waals surface area contributed by atoms with Gasteiger partial charge in [0.05, 0.1) is 5.41 Å². The third kappa shape index (κ3) is 2.97. The minimum atomic E-state index is -1.14. The molecule has 0 bridgehead atoms. The van der Waals surface area contributed by atoms with Gasteiger partial charge < -0.3 is 15.6 Å². The number of aliphatic carboxylic acids is 1. The normalized spacial score (nSPS) is 20.9. The molecule has 0 spiro atoms. The molecule has 17 heavy (non-hydrogen) atoms. The first-order valence-corrected chi connectivity index (χ1v) is 5.91. The van der Waals surface area contributed by atoms with E-state index in [2.05, 4.69) is 0 Å². The Morgan fingerprint density at radius 1 is 1.29 bits per heavy atom. The number of carboxylic acid groups (broad SMARTS) is 1. The van der Waals surface area contributed by atoms with E-state index >= 15 is 0 Å². The summed E-state index contributed by atoms with van der Waals surface area (Å²) in [6, 6.07) is -1.08. The highest BCUT2D eigenvalue weighted by Crippen LogP contribution is 2.41. The van der Waals surface area contributed by atoms with Crippen molar-refractivity contribution in [2.24, 2.45) is 11.1 Å². The molecule has 0 unspecified atom stereocenters. The number of carbonyl (C=O) groups is 2. The maximum Gasteiger partial charge on any atom is 0.324 e. The second-order valence-corrected chi connectivity index (χ2v) is 5.68. The topological polar surface area (TPSA) is 89.6 Å². The number of esters is 1. The van der Waals surface area contributed by atoms with E-state index in [4.69, 9.17) is 10.5 Å². The number of carboxylic acids is 1. The van der Waals surface area contributed by atoms with Gasteiger partial charge in [0.1, 0.15) is 11.6 Å². The lowest BCUT2D eigenvalue weighted by Crippen LogP contribution is -2.52. The quantitative estimate of drug-likeness (QED) is 0.729. The molecule has 0 aromatic heterocycles. The molecule has 1 aliphatic rings. The van der Waals surface area contributed by atoms with Crippen molar-refractivity contribution in [3.05, 3.63) is 0 Å². The lowest BCUT2D eigenvalue weighted by molar-refractivity contribution is -0.167. The van der Waals surface area contributed by atoms with Crippen molar-refractivity contribution in [2.75, 3.05) is 0 Å². The summed E-state index contributed by atoms with van der Waals surface area (Å²) in [5.41, 5.74) is 4.03. The highest BCUT2D eigenvalue weighted by Gasteiger charge is 2.50. The van der Waals surface area contributed by atoms with Crippen molar-refractivity contribution < 1.29 is 19.4 Å². The minimum absolute atomic E-state index is 0.447.